The number of aromatic nitrogens is 3. The molecule has 2 unspecified atom stereocenters. The van der Waals surface area contributed by atoms with E-state index in [2.05, 4.69) is 52.5 Å². The fraction of sp³-hybridized carbons (Fsp3) is 0.500. The van der Waals surface area contributed by atoms with Crippen molar-refractivity contribution in [3.8, 4) is 0 Å². The highest BCUT2D eigenvalue weighted by Gasteiger charge is 2.24. The Morgan fingerprint density at radius 3 is 2.88 bits per heavy atom. The van der Waals surface area contributed by atoms with Gasteiger partial charge in [-0.15, -0.1) is 5.10 Å². The molecule has 0 saturated carbocycles. The van der Waals surface area contributed by atoms with E-state index < -0.39 is 0 Å². The predicted molar refractivity (Wildman–Crippen MR) is 96.1 cm³/mol. The Morgan fingerprint density at radius 1 is 1.33 bits per heavy atom. The summed E-state index contributed by atoms with van der Waals surface area (Å²) in [6.45, 7) is 6.03. The number of aryl methyl sites for hydroxylation is 1. The molecule has 0 aliphatic heterocycles. The van der Waals surface area contributed by atoms with Gasteiger partial charge in [-0.3, -0.25) is 9.89 Å². The molecule has 1 aliphatic rings. The largest absolute Gasteiger partial charge is 0.348 e. The number of nitrogens with one attached hydrogen (secondary N) is 2. The molecule has 24 heavy (non-hydrogen) atoms. The Morgan fingerprint density at radius 2 is 2.12 bits per heavy atom. The topological polar surface area (TPSA) is 70.7 Å². The van der Waals surface area contributed by atoms with Crippen molar-refractivity contribution in [2.24, 2.45) is 0 Å². The van der Waals surface area contributed by atoms with Gasteiger partial charge in [-0.05, 0) is 37.3 Å². The lowest BCUT2D eigenvalue weighted by Crippen LogP contribution is -2.35. The molecule has 1 aromatic carbocycles. The third-order valence-corrected chi connectivity index (χ3v) is 5.33. The molecule has 0 saturated heterocycles. The monoisotopic (exact) mass is 344 g/mol. The summed E-state index contributed by atoms with van der Waals surface area (Å²) in [7, 11) is 0. The van der Waals surface area contributed by atoms with Crippen LogP contribution in [0.1, 0.15) is 62.5 Å². The van der Waals surface area contributed by atoms with Gasteiger partial charge in [-0.25, -0.2) is 4.98 Å². The number of carbonyl (C=O) groups excluding carboxylic acids is 1. The van der Waals surface area contributed by atoms with Crippen molar-refractivity contribution in [3.63, 3.8) is 0 Å². The second-order valence-corrected chi connectivity index (χ2v) is 7.88. The summed E-state index contributed by atoms with van der Waals surface area (Å²) >= 11 is 1.39. The highest BCUT2D eigenvalue weighted by atomic mass is 32.2. The summed E-state index contributed by atoms with van der Waals surface area (Å²) in [4.78, 5) is 17.0. The summed E-state index contributed by atoms with van der Waals surface area (Å²) < 4.78 is 0. The number of fused-ring (bicyclic) bond motifs is 1. The van der Waals surface area contributed by atoms with E-state index in [1.165, 1.54) is 22.9 Å². The summed E-state index contributed by atoms with van der Waals surface area (Å²) in [5.74, 6) is 1.19. The Kier molecular flexibility index (Phi) is 5.23. The van der Waals surface area contributed by atoms with Gasteiger partial charge in [0, 0.05) is 5.92 Å². The number of hydrogen-bond donors (Lipinski definition) is 2. The van der Waals surface area contributed by atoms with E-state index in [0.29, 0.717) is 11.1 Å². The van der Waals surface area contributed by atoms with Crippen molar-refractivity contribution in [1.82, 2.24) is 20.5 Å². The van der Waals surface area contributed by atoms with Crippen LogP contribution in [0.15, 0.2) is 29.4 Å². The third-order valence-electron chi connectivity index (χ3n) is 4.37. The van der Waals surface area contributed by atoms with Crippen LogP contribution in [0.3, 0.4) is 0 Å². The van der Waals surface area contributed by atoms with Crippen molar-refractivity contribution in [1.29, 1.82) is 0 Å². The molecular weight excluding hydrogens is 320 g/mol. The molecule has 0 spiro atoms. The summed E-state index contributed by atoms with van der Waals surface area (Å²) in [5, 5.41) is 10.7. The Hall–Kier alpha value is -1.82. The molecular formula is C18H24N4OS. The zero-order valence-corrected chi connectivity index (χ0v) is 15.2. The van der Waals surface area contributed by atoms with Gasteiger partial charge in [0.25, 0.3) is 0 Å². The van der Waals surface area contributed by atoms with Gasteiger partial charge in [0.15, 0.2) is 0 Å². The van der Waals surface area contributed by atoms with Crippen molar-refractivity contribution in [2.45, 2.75) is 62.4 Å². The van der Waals surface area contributed by atoms with Crippen molar-refractivity contribution < 1.29 is 4.79 Å². The standard InChI is InChI=1S/C18H24N4OS/c1-11(2)16-20-18(22-21-16)24-12(3)17(23)19-15-10-6-8-13-7-4-5-9-14(13)15/h4-5,7,9,11-12,15H,6,8,10H2,1-3H3,(H,19,23)(H,20,21,22). The first kappa shape index (κ1) is 17.0. The molecule has 2 N–H and O–H groups in total. The van der Waals surface area contributed by atoms with E-state index >= 15 is 0 Å². The van der Waals surface area contributed by atoms with Crippen LogP contribution in [0.5, 0.6) is 0 Å². The Bertz CT molecular complexity index is 713. The average Bonchev–Trinajstić information content (AvgIpc) is 3.04. The second kappa shape index (κ2) is 7.38. The average molecular weight is 344 g/mol. The van der Waals surface area contributed by atoms with E-state index in [1.807, 2.05) is 13.0 Å². The number of benzene rings is 1. The molecule has 1 aliphatic carbocycles. The van der Waals surface area contributed by atoms with Gasteiger partial charge in [0.1, 0.15) is 5.82 Å². The predicted octanol–water partition coefficient (Wildman–Crippen LogP) is 3.60. The van der Waals surface area contributed by atoms with E-state index in [9.17, 15) is 4.79 Å². The lowest BCUT2D eigenvalue weighted by Gasteiger charge is -2.27. The number of nitrogens with zero attached hydrogens (tertiary/aromatic N) is 2. The summed E-state index contributed by atoms with van der Waals surface area (Å²) in [6.07, 6.45) is 3.21. The summed E-state index contributed by atoms with van der Waals surface area (Å²) in [5.41, 5.74) is 2.61. The zero-order valence-electron chi connectivity index (χ0n) is 14.4. The SMILES string of the molecule is CC(Sc1n[nH]c(C(C)C)n1)C(=O)NC1CCCc2ccccc21. The van der Waals surface area contributed by atoms with Crippen LogP contribution in [0.25, 0.3) is 0 Å². The molecule has 128 valence electrons. The zero-order chi connectivity index (χ0) is 17.1. The minimum Gasteiger partial charge on any atom is -0.348 e. The molecule has 6 heteroatoms. The normalized spacial score (nSPS) is 18.2. The Balaban J connectivity index is 1.62. The second-order valence-electron chi connectivity index (χ2n) is 6.57. The van der Waals surface area contributed by atoms with E-state index in [-0.39, 0.29) is 17.2 Å². The van der Waals surface area contributed by atoms with E-state index in [1.54, 1.807) is 0 Å². The minimum absolute atomic E-state index is 0.0394. The first-order valence-corrected chi connectivity index (χ1v) is 9.39. The number of aromatic amines is 1. The Labute approximate surface area is 147 Å². The van der Waals surface area contributed by atoms with Crippen LogP contribution in [0.4, 0.5) is 0 Å². The fourth-order valence-corrected chi connectivity index (χ4v) is 3.71. The lowest BCUT2D eigenvalue weighted by molar-refractivity contribution is -0.121. The van der Waals surface area contributed by atoms with Crippen LogP contribution < -0.4 is 5.32 Å². The van der Waals surface area contributed by atoms with Crippen LogP contribution in [-0.4, -0.2) is 26.3 Å². The van der Waals surface area contributed by atoms with E-state index in [4.69, 9.17) is 0 Å². The highest BCUT2D eigenvalue weighted by Crippen LogP contribution is 2.30. The summed E-state index contributed by atoms with van der Waals surface area (Å²) in [6, 6.07) is 8.51. The van der Waals surface area contributed by atoms with Crippen molar-refractivity contribution in [2.75, 3.05) is 0 Å². The first-order valence-electron chi connectivity index (χ1n) is 8.51. The van der Waals surface area contributed by atoms with Gasteiger partial charge >= 0.3 is 0 Å². The molecule has 3 rings (SSSR count). The smallest absolute Gasteiger partial charge is 0.233 e. The van der Waals surface area contributed by atoms with Gasteiger partial charge in [-0.2, -0.15) is 0 Å². The van der Waals surface area contributed by atoms with Crippen LogP contribution in [0.2, 0.25) is 0 Å². The molecule has 0 radical (unpaired) electrons. The maximum atomic E-state index is 12.6. The third kappa shape index (κ3) is 3.80. The number of thioether (sulfide) groups is 1. The lowest BCUT2D eigenvalue weighted by atomic mass is 9.88. The molecule has 1 aromatic heterocycles. The minimum atomic E-state index is -0.227. The van der Waals surface area contributed by atoms with Crippen LogP contribution in [0, 0.1) is 0 Å². The molecule has 5 nitrogen and oxygen atoms in total. The quantitative estimate of drug-likeness (QED) is 0.813. The molecule has 0 bridgehead atoms. The maximum absolute atomic E-state index is 12.6. The molecule has 2 atom stereocenters. The fourth-order valence-electron chi connectivity index (χ4n) is 2.97. The van der Waals surface area contributed by atoms with Gasteiger partial charge in [0.05, 0.1) is 11.3 Å². The molecule has 1 amide bonds. The number of rotatable bonds is 5. The van der Waals surface area contributed by atoms with Crippen LogP contribution >= 0.6 is 11.8 Å². The molecule has 0 fully saturated rings. The van der Waals surface area contributed by atoms with Gasteiger partial charge in [-0.1, -0.05) is 49.9 Å². The van der Waals surface area contributed by atoms with E-state index in [0.717, 1.165) is 25.1 Å². The van der Waals surface area contributed by atoms with Crippen molar-refractivity contribution in [3.05, 3.63) is 41.2 Å². The number of amides is 1. The number of hydrogen-bond acceptors (Lipinski definition) is 4. The highest BCUT2D eigenvalue weighted by molar-refractivity contribution is 8.00. The van der Waals surface area contributed by atoms with Gasteiger partial charge < -0.3 is 5.32 Å². The first-order chi connectivity index (χ1) is 11.5. The van der Waals surface area contributed by atoms with Crippen molar-refractivity contribution >= 4 is 17.7 Å². The number of H-pyrrole nitrogens is 1. The molecule has 1 heterocycles. The number of carbonyl (C=O) groups is 1. The van der Waals surface area contributed by atoms with Crippen LogP contribution in [-0.2, 0) is 11.2 Å². The van der Waals surface area contributed by atoms with Gasteiger partial charge in [0.2, 0.25) is 11.1 Å². The molecule has 2 aromatic rings. The maximum Gasteiger partial charge on any atom is 0.233 e.